The standard InChI is InChI=1S/C22H17NO2/c24-22-20(17-12-6-2-7-13-17)19(16-10-4-1-5-11-16)21(25-23-22)18-14-8-3-9-15-18/h1-15,20H,(H,23,24). The summed E-state index contributed by atoms with van der Waals surface area (Å²) in [5, 5.41) is 0. The summed E-state index contributed by atoms with van der Waals surface area (Å²) in [6, 6.07) is 29.6. The molecule has 0 saturated heterocycles. The molecule has 0 radical (unpaired) electrons. The van der Waals surface area contributed by atoms with Crippen molar-refractivity contribution in [2.75, 3.05) is 0 Å². The molecule has 3 aromatic rings. The van der Waals surface area contributed by atoms with Crippen LogP contribution in [0.4, 0.5) is 0 Å². The molecule has 1 aliphatic rings. The Bertz CT molecular complexity index is 903. The SMILES string of the molecule is O=C1NOC(c2ccccc2)=C(c2ccccc2)C1c1ccccc1. The number of hydroxylamine groups is 1. The molecule has 1 atom stereocenters. The number of amides is 1. The number of carbonyl (C=O) groups excluding carboxylic acids is 1. The van der Waals surface area contributed by atoms with Crippen molar-refractivity contribution in [1.29, 1.82) is 0 Å². The molecule has 25 heavy (non-hydrogen) atoms. The molecule has 1 N–H and O–H groups in total. The van der Waals surface area contributed by atoms with Gasteiger partial charge in [-0.15, -0.1) is 0 Å². The lowest BCUT2D eigenvalue weighted by atomic mass is 9.83. The molecule has 0 aliphatic carbocycles. The molecule has 0 bridgehead atoms. The smallest absolute Gasteiger partial charge is 0.264 e. The highest BCUT2D eigenvalue weighted by Gasteiger charge is 2.34. The van der Waals surface area contributed by atoms with E-state index in [0.29, 0.717) is 5.76 Å². The molecule has 3 aromatic carbocycles. The van der Waals surface area contributed by atoms with Gasteiger partial charge in [0.15, 0.2) is 5.76 Å². The van der Waals surface area contributed by atoms with E-state index in [2.05, 4.69) is 5.48 Å². The lowest BCUT2D eigenvalue weighted by Crippen LogP contribution is -2.34. The summed E-state index contributed by atoms with van der Waals surface area (Å²) in [6.45, 7) is 0. The van der Waals surface area contributed by atoms with Crippen LogP contribution >= 0.6 is 0 Å². The van der Waals surface area contributed by atoms with E-state index in [1.807, 2.05) is 91.0 Å². The number of rotatable bonds is 3. The summed E-state index contributed by atoms with van der Waals surface area (Å²) in [7, 11) is 0. The van der Waals surface area contributed by atoms with E-state index in [9.17, 15) is 4.79 Å². The van der Waals surface area contributed by atoms with Crippen LogP contribution in [0.2, 0.25) is 0 Å². The monoisotopic (exact) mass is 327 g/mol. The number of carbonyl (C=O) groups is 1. The molecule has 4 rings (SSSR count). The van der Waals surface area contributed by atoms with Crippen LogP contribution in [-0.2, 0) is 9.63 Å². The van der Waals surface area contributed by atoms with Crippen LogP contribution in [0.15, 0.2) is 91.0 Å². The maximum absolute atomic E-state index is 12.7. The first kappa shape index (κ1) is 15.2. The quantitative estimate of drug-likeness (QED) is 0.774. The van der Waals surface area contributed by atoms with Gasteiger partial charge >= 0.3 is 0 Å². The van der Waals surface area contributed by atoms with Crippen LogP contribution in [0.3, 0.4) is 0 Å². The number of hydrogen-bond donors (Lipinski definition) is 1. The van der Waals surface area contributed by atoms with Crippen molar-refractivity contribution in [3.63, 3.8) is 0 Å². The van der Waals surface area contributed by atoms with Gasteiger partial charge < -0.3 is 4.84 Å². The maximum Gasteiger partial charge on any atom is 0.264 e. The van der Waals surface area contributed by atoms with Gasteiger partial charge in [-0.25, -0.2) is 0 Å². The zero-order chi connectivity index (χ0) is 17.1. The van der Waals surface area contributed by atoms with Gasteiger partial charge in [-0.1, -0.05) is 91.0 Å². The fraction of sp³-hybridized carbons (Fsp3) is 0.0455. The summed E-state index contributed by atoms with van der Waals surface area (Å²) >= 11 is 0. The maximum atomic E-state index is 12.7. The normalized spacial score (nSPS) is 17.0. The molecule has 122 valence electrons. The van der Waals surface area contributed by atoms with E-state index in [1.165, 1.54) is 0 Å². The van der Waals surface area contributed by atoms with Gasteiger partial charge in [0.05, 0.1) is 5.92 Å². The Morgan fingerprint density at radius 2 is 1.20 bits per heavy atom. The topological polar surface area (TPSA) is 38.3 Å². The molecule has 1 unspecified atom stereocenters. The molecular weight excluding hydrogens is 310 g/mol. The van der Waals surface area contributed by atoms with Crippen LogP contribution in [0.25, 0.3) is 11.3 Å². The zero-order valence-electron chi connectivity index (χ0n) is 13.6. The van der Waals surface area contributed by atoms with Crippen molar-refractivity contribution in [3.05, 3.63) is 108 Å². The molecule has 1 heterocycles. The van der Waals surface area contributed by atoms with E-state index in [0.717, 1.165) is 22.3 Å². The van der Waals surface area contributed by atoms with Gasteiger partial charge in [-0.2, -0.15) is 5.48 Å². The average Bonchev–Trinajstić information content (AvgIpc) is 2.70. The van der Waals surface area contributed by atoms with Crippen molar-refractivity contribution < 1.29 is 9.63 Å². The molecule has 1 amide bonds. The van der Waals surface area contributed by atoms with Crippen LogP contribution in [0.5, 0.6) is 0 Å². The summed E-state index contributed by atoms with van der Waals surface area (Å²) in [5.41, 5.74) is 6.31. The van der Waals surface area contributed by atoms with Crippen molar-refractivity contribution in [2.45, 2.75) is 5.92 Å². The first-order chi connectivity index (χ1) is 12.3. The predicted molar refractivity (Wildman–Crippen MR) is 98.1 cm³/mol. The first-order valence-electron chi connectivity index (χ1n) is 8.21. The van der Waals surface area contributed by atoms with E-state index in [1.54, 1.807) is 0 Å². The highest BCUT2D eigenvalue weighted by atomic mass is 16.7. The largest absolute Gasteiger partial charge is 0.379 e. The molecule has 0 saturated carbocycles. The second-order valence-corrected chi connectivity index (χ2v) is 5.89. The fourth-order valence-corrected chi connectivity index (χ4v) is 3.16. The Morgan fingerprint density at radius 3 is 1.80 bits per heavy atom. The highest BCUT2D eigenvalue weighted by Crippen LogP contribution is 2.40. The van der Waals surface area contributed by atoms with Crippen LogP contribution in [0, 0.1) is 0 Å². The second kappa shape index (κ2) is 6.65. The third-order valence-electron chi connectivity index (χ3n) is 4.30. The van der Waals surface area contributed by atoms with E-state index < -0.39 is 5.92 Å². The summed E-state index contributed by atoms with van der Waals surface area (Å²) in [6.07, 6.45) is 0. The van der Waals surface area contributed by atoms with Crippen LogP contribution in [-0.4, -0.2) is 5.91 Å². The lowest BCUT2D eigenvalue weighted by molar-refractivity contribution is -0.130. The zero-order valence-corrected chi connectivity index (χ0v) is 13.6. The molecule has 0 fully saturated rings. The number of benzene rings is 3. The number of nitrogens with one attached hydrogen (secondary N) is 1. The Morgan fingerprint density at radius 1 is 0.680 bits per heavy atom. The van der Waals surface area contributed by atoms with Crippen molar-refractivity contribution in [3.8, 4) is 0 Å². The molecule has 3 heteroatoms. The minimum Gasteiger partial charge on any atom is -0.379 e. The molecule has 3 nitrogen and oxygen atoms in total. The van der Waals surface area contributed by atoms with E-state index in [4.69, 9.17) is 4.84 Å². The lowest BCUT2D eigenvalue weighted by Gasteiger charge is -2.28. The fourth-order valence-electron chi connectivity index (χ4n) is 3.16. The molecular formula is C22H17NO2. The van der Waals surface area contributed by atoms with Gasteiger partial charge in [-0.05, 0) is 11.1 Å². The van der Waals surface area contributed by atoms with Crippen molar-refractivity contribution in [2.24, 2.45) is 0 Å². The van der Waals surface area contributed by atoms with Gasteiger partial charge in [0.1, 0.15) is 0 Å². The van der Waals surface area contributed by atoms with Crippen molar-refractivity contribution in [1.82, 2.24) is 5.48 Å². The minimum absolute atomic E-state index is 0.162. The molecule has 0 spiro atoms. The first-order valence-corrected chi connectivity index (χ1v) is 8.21. The van der Waals surface area contributed by atoms with Crippen LogP contribution < -0.4 is 5.48 Å². The predicted octanol–water partition coefficient (Wildman–Crippen LogP) is 4.40. The number of hydrogen-bond acceptors (Lipinski definition) is 2. The third-order valence-corrected chi connectivity index (χ3v) is 4.30. The van der Waals surface area contributed by atoms with Crippen molar-refractivity contribution >= 4 is 17.2 Å². The summed E-state index contributed by atoms with van der Waals surface area (Å²) < 4.78 is 0. The third kappa shape index (κ3) is 2.92. The molecule has 0 aromatic heterocycles. The summed E-state index contributed by atoms with van der Waals surface area (Å²) in [4.78, 5) is 18.4. The van der Waals surface area contributed by atoms with E-state index in [-0.39, 0.29) is 5.91 Å². The van der Waals surface area contributed by atoms with Gasteiger partial charge in [-0.3, -0.25) is 4.79 Å². The van der Waals surface area contributed by atoms with Gasteiger partial charge in [0, 0.05) is 11.1 Å². The summed E-state index contributed by atoms with van der Waals surface area (Å²) in [5.74, 6) is 0.0949. The molecule has 1 aliphatic heterocycles. The Kier molecular flexibility index (Phi) is 4.05. The Balaban J connectivity index is 1.97. The highest BCUT2D eigenvalue weighted by molar-refractivity contribution is 6.05. The second-order valence-electron chi connectivity index (χ2n) is 5.89. The van der Waals surface area contributed by atoms with Gasteiger partial charge in [0.2, 0.25) is 0 Å². The average molecular weight is 327 g/mol. The Hall–Kier alpha value is -3.33. The Labute approximate surface area is 146 Å². The minimum atomic E-state index is -0.424. The van der Waals surface area contributed by atoms with E-state index >= 15 is 0 Å². The van der Waals surface area contributed by atoms with Gasteiger partial charge in [0.25, 0.3) is 5.91 Å². The van der Waals surface area contributed by atoms with Crippen LogP contribution in [0.1, 0.15) is 22.6 Å².